The first-order valence-electron chi connectivity index (χ1n) is 10.7. The van der Waals surface area contributed by atoms with E-state index in [4.69, 9.17) is 9.47 Å². The van der Waals surface area contributed by atoms with E-state index < -0.39 is 0 Å². The summed E-state index contributed by atoms with van der Waals surface area (Å²) in [6.45, 7) is 6.60. The van der Waals surface area contributed by atoms with Crippen LogP contribution in [0.5, 0.6) is 5.88 Å². The van der Waals surface area contributed by atoms with Crippen LogP contribution >= 0.6 is 0 Å². The van der Waals surface area contributed by atoms with E-state index in [9.17, 15) is 0 Å². The van der Waals surface area contributed by atoms with Crippen LogP contribution in [0.25, 0.3) is 10.9 Å². The standard InChI is InChI=1S/C22H28N6O2/c1-26-17(4-7-25-26)5-8-27-9-11-28(12-10-27)18-2-3-21-20(14-18)22(24-16-23-21)30-19-6-13-29-15-19/h2-4,7,14,16,19H,5-6,8-13,15H2,1H3. The molecule has 2 aliphatic rings. The van der Waals surface area contributed by atoms with Crippen molar-refractivity contribution in [2.24, 2.45) is 7.05 Å². The molecule has 0 N–H and O–H groups in total. The summed E-state index contributed by atoms with van der Waals surface area (Å²) in [5, 5.41) is 5.23. The third-order valence-electron chi connectivity index (χ3n) is 6.09. The molecule has 158 valence electrons. The Morgan fingerprint density at radius 2 is 2.03 bits per heavy atom. The van der Waals surface area contributed by atoms with E-state index in [1.165, 1.54) is 11.4 Å². The van der Waals surface area contributed by atoms with Crippen LogP contribution in [0.2, 0.25) is 0 Å². The number of benzene rings is 1. The molecule has 0 saturated carbocycles. The van der Waals surface area contributed by atoms with Crippen LogP contribution in [-0.2, 0) is 18.2 Å². The fraction of sp³-hybridized carbons (Fsp3) is 0.500. The number of nitrogens with zero attached hydrogens (tertiary/aromatic N) is 6. The second kappa shape index (κ2) is 8.57. The van der Waals surface area contributed by atoms with Gasteiger partial charge in [0.15, 0.2) is 0 Å². The van der Waals surface area contributed by atoms with Crippen molar-refractivity contribution in [1.82, 2.24) is 24.6 Å². The molecule has 3 aromatic rings. The Bertz CT molecular complexity index is 992. The zero-order chi connectivity index (χ0) is 20.3. The van der Waals surface area contributed by atoms with E-state index in [2.05, 4.69) is 49.1 Å². The summed E-state index contributed by atoms with van der Waals surface area (Å²) >= 11 is 0. The molecule has 0 spiro atoms. The fourth-order valence-corrected chi connectivity index (χ4v) is 4.22. The van der Waals surface area contributed by atoms with E-state index in [0.717, 1.165) is 63.1 Å². The Morgan fingerprint density at radius 1 is 1.13 bits per heavy atom. The van der Waals surface area contributed by atoms with Gasteiger partial charge in [-0.2, -0.15) is 5.10 Å². The molecule has 8 heteroatoms. The maximum absolute atomic E-state index is 6.11. The number of aryl methyl sites for hydroxylation is 1. The third kappa shape index (κ3) is 4.11. The van der Waals surface area contributed by atoms with Gasteiger partial charge in [-0.25, -0.2) is 9.97 Å². The van der Waals surface area contributed by atoms with Crippen molar-refractivity contribution in [2.75, 3.05) is 50.8 Å². The van der Waals surface area contributed by atoms with Gasteiger partial charge >= 0.3 is 0 Å². The Hall–Kier alpha value is -2.71. The number of fused-ring (bicyclic) bond motifs is 1. The molecule has 0 aliphatic carbocycles. The van der Waals surface area contributed by atoms with Crippen molar-refractivity contribution in [3.05, 3.63) is 42.5 Å². The first-order chi connectivity index (χ1) is 14.8. The molecular formula is C22H28N6O2. The van der Waals surface area contributed by atoms with Gasteiger partial charge in [-0.15, -0.1) is 0 Å². The summed E-state index contributed by atoms with van der Waals surface area (Å²) in [6.07, 6.45) is 5.47. The molecule has 4 heterocycles. The molecule has 8 nitrogen and oxygen atoms in total. The van der Waals surface area contributed by atoms with Crippen molar-refractivity contribution in [3.63, 3.8) is 0 Å². The minimum Gasteiger partial charge on any atom is -0.471 e. The van der Waals surface area contributed by atoms with Crippen LogP contribution in [-0.4, -0.2) is 76.7 Å². The van der Waals surface area contributed by atoms with Crippen molar-refractivity contribution >= 4 is 16.6 Å². The largest absolute Gasteiger partial charge is 0.471 e. The number of piperazine rings is 1. The number of aromatic nitrogens is 4. The maximum Gasteiger partial charge on any atom is 0.224 e. The minimum atomic E-state index is 0.0785. The first kappa shape index (κ1) is 19.3. The van der Waals surface area contributed by atoms with Crippen LogP contribution < -0.4 is 9.64 Å². The molecule has 2 saturated heterocycles. The molecular weight excluding hydrogens is 380 g/mol. The highest BCUT2D eigenvalue weighted by molar-refractivity contribution is 5.86. The lowest BCUT2D eigenvalue weighted by atomic mass is 10.1. The van der Waals surface area contributed by atoms with Crippen LogP contribution in [0.4, 0.5) is 5.69 Å². The zero-order valence-electron chi connectivity index (χ0n) is 17.4. The van der Waals surface area contributed by atoms with E-state index >= 15 is 0 Å². The van der Waals surface area contributed by atoms with Crippen molar-refractivity contribution < 1.29 is 9.47 Å². The smallest absolute Gasteiger partial charge is 0.224 e. The number of ether oxygens (including phenoxy) is 2. The second-order valence-electron chi connectivity index (χ2n) is 8.01. The molecule has 0 bridgehead atoms. The van der Waals surface area contributed by atoms with Crippen LogP contribution in [0.1, 0.15) is 12.1 Å². The van der Waals surface area contributed by atoms with Gasteiger partial charge in [-0.05, 0) is 24.3 Å². The van der Waals surface area contributed by atoms with Crippen LogP contribution in [0.15, 0.2) is 36.8 Å². The summed E-state index contributed by atoms with van der Waals surface area (Å²) in [5.74, 6) is 0.659. The molecule has 2 aliphatic heterocycles. The van der Waals surface area contributed by atoms with Gasteiger partial charge < -0.3 is 14.4 Å². The summed E-state index contributed by atoms with van der Waals surface area (Å²) in [7, 11) is 2.01. The minimum absolute atomic E-state index is 0.0785. The van der Waals surface area contributed by atoms with Crippen molar-refractivity contribution in [3.8, 4) is 5.88 Å². The Kier molecular flexibility index (Phi) is 5.50. The third-order valence-corrected chi connectivity index (χ3v) is 6.09. The highest BCUT2D eigenvalue weighted by Crippen LogP contribution is 2.28. The van der Waals surface area contributed by atoms with Gasteiger partial charge in [0.1, 0.15) is 12.4 Å². The zero-order valence-corrected chi connectivity index (χ0v) is 17.4. The van der Waals surface area contributed by atoms with Gasteiger partial charge in [0, 0.05) is 70.2 Å². The van der Waals surface area contributed by atoms with Gasteiger partial charge in [-0.1, -0.05) is 0 Å². The number of anilines is 1. The number of rotatable bonds is 6. The quantitative estimate of drug-likeness (QED) is 0.617. The average molecular weight is 409 g/mol. The normalized spacial score (nSPS) is 20.2. The number of hydrogen-bond donors (Lipinski definition) is 0. The molecule has 1 atom stereocenters. The molecule has 5 rings (SSSR count). The van der Waals surface area contributed by atoms with Gasteiger partial charge in [-0.3, -0.25) is 9.58 Å². The Labute approximate surface area is 176 Å². The molecule has 0 radical (unpaired) electrons. The average Bonchev–Trinajstić information content (AvgIpc) is 3.44. The monoisotopic (exact) mass is 408 g/mol. The predicted molar refractivity (Wildman–Crippen MR) is 115 cm³/mol. The molecule has 2 aromatic heterocycles. The topological polar surface area (TPSA) is 68.5 Å². The Balaban J connectivity index is 1.24. The maximum atomic E-state index is 6.11. The van der Waals surface area contributed by atoms with E-state index in [-0.39, 0.29) is 6.10 Å². The molecule has 2 fully saturated rings. The summed E-state index contributed by atoms with van der Waals surface area (Å²) < 4.78 is 13.5. The molecule has 1 unspecified atom stereocenters. The first-order valence-corrected chi connectivity index (χ1v) is 10.7. The fourth-order valence-electron chi connectivity index (χ4n) is 4.22. The predicted octanol–water partition coefficient (Wildman–Crippen LogP) is 1.90. The van der Waals surface area contributed by atoms with Crippen molar-refractivity contribution in [2.45, 2.75) is 18.9 Å². The Morgan fingerprint density at radius 3 is 2.80 bits per heavy atom. The van der Waals surface area contributed by atoms with Crippen LogP contribution in [0.3, 0.4) is 0 Å². The number of hydrogen-bond acceptors (Lipinski definition) is 7. The summed E-state index contributed by atoms with van der Waals surface area (Å²) in [5.41, 5.74) is 3.40. The lowest BCUT2D eigenvalue weighted by Gasteiger charge is -2.36. The SMILES string of the molecule is Cn1nccc1CCN1CCN(c2ccc3ncnc(OC4CCOC4)c3c2)CC1. The highest BCUT2D eigenvalue weighted by atomic mass is 16.5. The van der Waals surface area contributed by atoms with E-state index in [0.29, 0.717) is 12.5 Å². The lowest BCUT2D eigenvalue weighted by molar-refractivity contribution is 0.139. The van der Waals surface area contributed by atoms with Crippen LogP contribution in [0, 0.1) is 0 Å². The van der Waals surface area contributed by atoms with Gasteiger partial charge in [0.05, 0.1) is 24.1 Å². The molecule has 1 aromatic carbocycles. The van der Waals surface area contributed by atoms with E-state index in [1.807, 2.05) is 17.9 Å². The van der Waals surface area contributed by atoms with Gasteiger partial charge in [0.25, 0.3) is 0 Å². The molecule has 0 amide bonds. The molecule has 30 heavy (non-hydrogen) atoms. The van der Waals surface area contributed by atoms with Gasteiger partial charge in [0.2, 0.25) is 5.88 Å². The second-order valence-corrected chi connectivity index (χ2v) is 8.01. The lowest BCUT2D eigenvalue weighted by Crippen LogP contribution is -2.47. The van der Waals surface area contributed by atoms with Crippen molar-refractivity contribution in [1.29, 1.82) is 0 Å². The highest BCUT2D eigenvalue weighted by Gasteiger charge is 2.21. The summed E-state index contributed by atoms with van der Waals surface area (Å²) in [4.78, 5) is 13.8. The van der Waals surface area contributed by atoms with E-state index in [1.54, 1.807) is 6.33 Å². The summed E-state index contributed by atoms with van der Waals surface area (Å²) in [6, 6.07) is 8.50.